The summed E-state index contributed by atoms with van der Waals surface area (Å²) in [5, 5.41) is 7.02. The predicted octanol–water partition coefficient (Wildman–Crippen LogP) is 0.770. The van der Waals surface area contributed by atoms with Crippen molar-refractivity contribution in [1.82, 2.24) is 10.6 Å². The molecule has 0 spiro atoms. The van der Waals surface area contributed by atoms with Gasteiger partial charge in [-0.25, -0.2) is 0 Å². The monoisotopic (exact) mass is 230 g/mol. The van der Waals surface area contributed by atoms with E-state index in [0.717, 1.165) is 19.6 Å². The number of ether oxygens (including phenoxy) is 2. The second-order valence-corrected chi connectivity index (χ2v) is 4.47. The topological polar surface area (TPSA) is 42.5 Å². The zero-order valence-electron chi connectivity index (χ0n) is 10.6. The van der Waals surface area contributed by atoms with Gasteiger partial charge in [0, 0.05) is 33.4 Å². The Bertz CT molecular complexity index is 159. The van der Waals surface area contributed by atoms with Crippen molar-refractivity contribution in [2.75, 3.05) is 40.5 Å². The Morgan fingerprint density at radius 2 is 2.19 bits per heavy atom. The lowest BCUT2D eigenvalue weighted by molar-refractivity contribution is 0.0287. The molecule has 96 valence electrons. The molecule has 4 nitrogen and oxygen atoms in total. The molecule has 16 heavy (non-hydrogen) atoms. The molecule has 0 aromatic carbocycles. The zero-order valence-corrected chi connectivity index (χ0v) is 10.6. The summed E-state index contributed by atoms with van der Waals surface area (Å²) < 4.78 is 10.4. The quantitative estimate of drug-likeness (QED) is 0.678. The average Bonchev–Trinajstić information content (AvgIpc) is 2.56. The molecule has 2 unspecified atom stereocenters. The first-order chi connectivity index (χ1) is 7.86. The van der Waals surface area contributed by atoms with Crippen molar-refractivity contribution >= 4 is 0 Å². The van der Waals surface area contributed by atoms with E-state index in [9.17, 15) is 0 Å². The van der Waals surface area contributed by atoms with Crippen molar-refractivity contribution in [3.63, 3.8) is 0 Å². The lowest BCUT2D eigenvalue weighted by Crippen LogP contribution is -2.41. The highest BCUT2D eigenvalue weighted by Gasteiger charge is 2.12. The number of hydrogen-bond acceptors (Lipinski definition) is 4. The van der Waals surface area contributed by atoms with Crippen LogP contribution in [0.3, 0.4) is 0 Å². The maximum Gasteiger partial charge on any atom is 0.0928 e. The molecule has 0 saturated carbocycles. The van der Waals surface area contributed by atoms with Gasteiger partial charge in [0.15, 0.2) is 0 Å². The second kappa shape index (κ2) is 8.93. The van der Waals surface area contributed by atoms with Gasteiger partial charge < -0.3 is 20.1 Å². The Hall–Kier alpha value is -0.160. The largest absolute Gasteiger partial charge is 0.382 e. The SMILES string of the molecule is COCC(CNCC1CCCCCN1)OC. The summed E-state index contributed by atoms with van der Waals surface area (Å²) in [6, 6.07) is 0.627. The summed E-state index contributed by atoms with van der Waals surface area (Å²) in [7, 11) is 3.44. The first kappa shape index (κ1) is 13.9. The van der Waals surface area contributed by atoms with Gasteiger partial charge in [-0.05, 0) is 19.4 Å². The molecule has 1 rings (SSSR count). The highest BCUT2D eigenvalue weighted by molar-refractivity contribution is 4.74. The standard InChI is InChI=1S/C12H26N2O2/c1-15-10-12(16-2)9-13-8-11-6-4-3-5-7-14-11/h11-14H,3-10H2,1-2H3. The van der Waals surface area contributed by atoms with Gasteiger partial charge in [0.25, 0.3) is 0 Å². The number of hydrogen-bond donors (Lipinski definition) is 2. The fourth-order valence-electron chi connectivity index (χ4n) is 2.09. The van der Waals surface area contributed by atoms with Gasteiger partial charge >= 0.3 is 0 Å². The van der Waals surface area contributed by atoms with Crippen LogP contribution in [-0.2, 0) is 9.47 Å². The van der Waals surface area contributed by atoms with Gasteiger partial charge in [0.1, 0.15) is 0 Å². The summed E-state index contributed by atoms with van der Waals surface area (Å²) in [6.07, 6.45) is 5.49. The normalized spacial score (nSPS) is 24.0. The van der Waals surface area contributed by atoms with Gasteiger partial charge in [-0.3, -0.25) is 0 Å². The zero-order chi connectivity index (χ0) is 11.6. The lowest BCUT2D eigenvalue weighted by Gasteiger charge is -2.19. The molecule has 1 aliphatic heterocycles. The number of rotatable bonds is 7. The van der Waals surface area contributed by atoms with E-state index in [-0.39, 0.29) is 6.10 Å². The van der Waals surface area contributed by atoms with Crippen LogP contribution in [0.2, 0.25) is 0 Å². The van der Waals surface area contributed by atoms with Crippen LogP contribution in [0.5, 0.6) is 0 Å². The van der Waals surface area contributed by atoms with Crippen LogP contribution < -0.4 is 10.6 Å². The Morgan fingerprint density at radius 3 is 2.94 bits per heavy atom. The Morgan fingerprint density at radius 1 is 1.31 bits per heavy atom. The summed E-state index contributed by atoms with van der Waals surface area (Å²) >= 11 is 0. The molecule has 0 aromatic heterocycles. The maximum absolute atomic E-state index is 5.30. The minimum Gasteiger partial charge on any atom is -0.382 e. The Labute approximate surface area is 99.1 Å². The summed E-state index contributed by atoms with van der Waals surface area (Å²) in [6.45, 7) is 3.71. The molecule has 0 amide bonds. The number of nitrogens with one attached hydrogen (secondary N) is 2. The van der Waals surface area contributed by atoms with Crippen LogP contribution in [0, 0.1) is 0 Å². The van der Waals surface area contributed by atoms with E-state index in [1.807, 2.05) is 0 Å². The third kappa shape index (κ3) is 5.80. The molecule has 1 heterocycles. The minimum absolute atomic E-state index is 0.163. The van der Waals surface area contributed by atoms with Crippen LogP contribution in [0.4, 0.5) is 0 Å². The lowest BCUT2D eigenvalue weighted by atomic mass is 10.1. The van der Waals surface area contributed by atoms with Crippen LogP contribution in [0.25, 0.3) is 0 Å². The fraction of sp³-hybridized carbons (Fsp3) is 1.00. The Kier molecular flexibility index (Phi) is 7.76. The van der Waals surface area contributed by atoms with E-state index in [1.165, 1.54) is 25.7 Å². The smallest absolute Gasteiger partial charge is 0.0928 e. The predicted molar refractivity (Wildman–Crippen MR) is 65.8 cm³/mol. The van der Waals surface area contributed by atoms with E-state index in [2.05, 4.69) is 10.6 Å². The first-order valence-corrected chi connectivity index (χ1v) is 6.32. The van der Waals surface area contributed by atoms with E-state index < -0.39 is 0 Å². The van der Waals surface area contributed by atoms with Crippen molar-refractivity contribution in [3.8, 4) is 0 Å². The van der Waals surface area contributed by atoms with E-state index in [1.54, 1.807) is 14.2 Å². The van der Waals surface area contributed by atoms with Crippen molar-refractivity contribution in [2.45, 2.75) is 37.8 Å². The average molecular weight is 230 g/mol. The summed E-state index contributed by atoms with van der Waals surface area (Å²) in [5.74, 6) is 0. The van der Waals surface area contributed by atoms with E-state index >= 15 is 0 Å². The molecule has 0 radical (unpaired) electrons. The van der Waals surface area contributed by atoms with E-state index in [0.29, 0.717) is 12.6 Å². The molecule has 1 saturated heterocycles. The second-order valence-electron chi connectivity index (χ2n) is 4.47. The van der Waals surface area contributed by atoms with Gasteiger partial charge in [-0.15, -0.1) is 0 Å². The van der Waals surface area contributed by atoms with Crippen LogP contribution >= 0.6 is 0 Å². The molecule has 4 heteroatoms. The Balaban J connectivity index is 2.08. The van der Waals surface area contributed by atoms with E-state index in [4.69, 9.17) is 9.47 Å². The van der Waals surface area contributed by atoms with Gasteiger partial charge in [-0.2, -0.15) is 0 Å². The van der Waals surface area contributed by atoms with Crippen molar-refractivity contribution in [3.05, 3.63) is 0 Å². The highest BCUT2D eigenvalue weighted by Crippen LogP contribution is 2.07. The van der Waals surface area contributed by atoms with Gasteiger partial charge in [0.05, 0.1) is 12.7 Å². The van der Waals surface area contributed by atoms with Crippen molar-refractivity contribution < 1.29 is 9.47 Å². The molecule has 1 aliphatic rings. The van der Waals surface area contributed by atoms with Crippen molar-refractivity contribution in [2.24, 2.45) is 0 Å². The summed E-state index contributed by atoms with van der Waals surface area (Å²) in [4.78, 5) is 0. The third-order valence-electron chi connectivity index (χ3n) is 3.11. The van der Waals surface area contributed by atoms with Crippen molar-refractivity contribution in [1.29, 1.82) is 0 Å². The fourth-order valence-corrected chi connectivity index (χ4v) is 2.09. The molecule has 1 fully saturated rings. The maximum atomic E-state index is 5.30. The molecular weight excluding hydrogens is 204 g/mol. The molecule has 2 atom stereocenters. The number of methoxy groups -OCH3 is 2. The molecule has 0 bridgehead atoms. The third-order valence-corrected chi connectivity index (χ3v) is 3.11. The molecule has 0 aromatic rings. The summed E-state index contributed by atoms with van der Waals surface area (Å²) in [5.41, 5.74) is 0. The molecule has 0 aliphatic carbocycles. The van der Waals surface area contributed by atoms with Gasteiger partial charge in [0.2, 0.25) is 0 Å². The molecular formula is C12H26N2O2. The van der Waals surface area contributed by atoms with Gasteiger partial charge in [-0.1, -0.05) is 12.8 Å². The minimum atomic E-state index is 0.163. The highest BCUT2D eigenvalue weighted by atomic mass is 16.5. The molecule has 2 N–H and O–H groups in total. The van der Waals surface area contributed by atoms with Crippen LogP contribution in [0.15, 0.2) is 0 Å². The van der Waals surface area contributed by atoms with Crippen LogP contribution in [-0.4, -0.2) is 52.6 Å². The van der Waals surface area contributed by atoms with Crippen LogP contribution in [0.1, 0.15) is 25.7 Å². The first-order valence-electron chi connectivity index (χ1n) is 6.32.